The van der Waals surface area contributed by atoms with Crippen LogP contribution in [0, 0.1) is 0 Å². The summed E-state index contributed by atoms with van der Waals surface area (Å²) in [6.45, 7) is 6.56. The van der Waals surface area contributed by atoms with Crippen molar-refractivity contribution in [3.63, 3.8) is 0 Å². The molecule has 1 aromatic carbocycles. The molecule has 1 saturated heterocycles. The number of nitrogens with zero attached hydrogens (tertiary/aromatic N) is 2. The van der Waals surface area contributed by atoms with E-state index in [-0.39, 0.29) is 11.9 Å². The number of hydrogen-bond acceptors (Lipinski definition) is 5. The van der Waals surface area contributed by atoms with Crippen LogP contribution in [0.15, 0.2) is 18.2 Å². The molecule has 0 spiro atoms. The van der Waals surface area contributed by atoms with Gasteiger partial charge in [-0.15, -0.1) is 0 Å². The van der Waals surface area contributed by atoms with Crippen LogP contribution in [0.3, 0.4) is 0 Å². The molecule has 0 bridgehead atoms. The molecule has 6 heteroatoms. The van der Waals surface area contributed by atoms with E-state index in [1.807, 2.05) is 19.1 Å². The summed E-state index contributed by atoms with van der Waals surface area (Å²) in [5.41, 5.74) is 1.20. The van der Waals surface area contributed by atoms with Gasteiger partial charge in [-0.3, -0.25) is 14.6 Å². The monoisotopic (exact) mass is 321 g/mol. The zero-order valence-electron chi connectivity index (χ0n) is 14.5. The standard InChI is InChI=1S/C17H27N3O3/c1-13(17(21)18-2)20-9-7-19(8-10-20)12-14-5-6-15(22-3)16(11-14)23-4/h5-6,11,13H,7-10,12H2,1-4H3,(H,18,21)/t13-/m0/s1. The topological polar surface area (TPSA) is 54.0 Å². The minimum Gasteiger partial charge on any atom is -0.493 e. The Kier molecular flexibility index (Phi) is 6.24. The maximum absolute atomic E-state index is 11.7. The Morgan fingerprint density at radius 2 is 1.83 bits per heavy atom. The lowest BCUT2D eigenvalue weighted by Crippen LogP contribution is -2.53. The number of carbonyl (C=O) groups is 1. The number of ether oxygens (including phenoxy) is 2. The molecule has 0 aromatic heterocycles. The van der Waals surface area contributed by atoms with E-state index in [0.29, 0.717) is 0 Å². The number of rotatable bonds is 6. The molecule has 2 rings (SSSR count). The number of benzene rings is 1. The van der Waals surface area contributed by atoms with Crippen LogP contribution in [0.5, 0.6) is 11.5 Å². The molecule has 128 valence electrons. The first-order chi connectivity index (χ1) is 11.1. The molecule has 1 atom stereocenters. The fraction of sp³-hybridized carbons (Fsp3) is 0.588. The van der Waals surface area contributed by atoms with Crippen molar-refractivity contribution in [3.05, 3.63) is 23.8 Å². The van der Waals surface area contributed by atoms with Gasteiger partial charge < -0.3 is 14.8 Å². The highest BCUT2D eigenvalue weighted by atomic mass is 16.5. The van der Waals surface area contributed by atoms with E-state index in [2.05, 4.69) is 21.2 Å². The van der Waals surface area contributed by atoms with Gasteiger partial charge in [0.15, 0.2) is 11.5 Å². The first-order valence-corrected chi connectivity index (χ1v) is 7.98. The largest absolute Gasteiger partial charge is 0.493 e. The van der Waals surface area contributed by atoms with Crippen molar-refractivity contribution in [1.29, 1.82) is 0 Å². The average molecular weight is 321 g/mol. The number of methoxy groups -OCH3 is 2. The van der Waals surface area contributed by atoms with Crippen LogP contribution >= 0.6 is 0 Å². The van der Waals surface area contributed by atoms with Gasteiger partial charge in [-0.1, -0.05) is 6.07 Å². The van der Waals surface area contributed by atoms with Gasteiger partial charge in [-0.2, -0.15) is 0 Å². The summed E-state index contributed by atoms with van der Waals surface area (Å²) in [6, 6.07) is 5.97. The third-order valence-electron chi connectivity index (χ3n) is 4.43. The molecule has 1 amide bonds. The fourth-order valence-corrected chi connectivity index (χ4v) is 2.92. The number of likely N-dealkylation sites (N-methyl/N-ethyl adjacent to an activating group) is 1. The van der Waals surface area contributed by atoms with Crippen molar-refractivity contribution in [1.82, 2.24) is 15.1 Å². The van der Waals surface area contributed by atoms with Crippen molar-refractivity contribution in [3.8, 4) is 11.5 Å². The van der Waals surface area contributed by atoms with E-state index in [9.17, 15) is 4.79 Å². The molecule has 6 nitrogen and oxygen atoms in total. The lowest BCUT2D eigenvalue weighted by molar-refractivity contribution is -0.126. The molecular weight excluding hydrogens is 294 g/mol. The average Bonchev–Trinajstić information content (AvgIpc) is 2.60. The zero-order valence-corrected chi connectivity index (χ0v) is 14.5. The molecular formula is C17H27N3O3. The first-order valence-electron chi connectivity index (χ1n) is 7.98. The number of nitrogens with one attached hydrogen (secondary N) is 1. The minimum absolute atomic E-state index is 0.0665. The minimum atomic E-state index is -0.0665. The van der Waals surface area contributed by atoms with Gasteiger partial charge in [-0.25, -0.2) is 0 Å². The van der Waals surface area contributed by atoms with Gasteiger partial charge in [0, 0.05) is 39.8 Å². The summed E-state index contributed by atoms with van der Waals surface area (Å²) in [4.78, 5) is 16.3. The predicted molar refractivity (Wildman–Crippen MR) is 89.9 cm³/mol. The van der Waals surface area contributed by atoms with Crippen LogP contribution in [0.25, 0.3) is 0 Å². The van der Waals surface area contributed by atoms with Crippen LogP contribution < -0.4 is 14.8 Å². The summed E-state index contributed by atoms with van der Waals surface area (Å²) < 4.78 is 10.6. The quantitative estimate of drug-likeness (QED) is 0.846. The van der Waals surface area contributed by atoms with E-state index in [1.165, 1.54) is 5.56 Å². The molecule has 1 aromatic rings. The highest BCUT2D eigenvalue weighted by molar-refractivity contribution is 5.80. The highest BCUT2D eigenvalue weighted by Gasteiger charge is 2.24. The van der Waals surface area contributed by atoms with Crippen LogP contribution in [0.2, 0.25) is 0 Å². The molecule has 1 heterocycles. The maximum atomic E-state index is 11.7. The van der Waals surface area contributed by atoms with Gasteiger partial charge in [-0.05, 0) is 24.6 Å². The van der Waals surface area contributed by atoms with Crippen LogP contribution in [-0.4, -0.2) is 69.2 Å². The van der Waals surface area contributed by atoms with Crippen LogP contribution in [0.1, 0.15) is 12.5 Å². The third-order valence-corrected chi connectivity index (χ3v) is 4.43. The van der Waals surface area contributed by atoms with Crippen LogP contribution in [-0.2, 0) is 11.3 Å². The second-order valence-corrected chi connectivity index (χ2v) is 5.79. The van der Waals surface area contributed by atoms with Crippen molar-refractivity contribution < 1.29 is 14.3 Å². The van der Waals surface area contributed by atoms with Crippen molar-refractivity contribution in [2.75, 3.05) is 47.4 Å². The van der Waals surface area contributed by atoms with Gasteiger partial charge in [0.25, 0.3) is 0 Å². The molecule has 0 radical (unpaired) electrons. The van der Waals surface area contributed by atoms with Crippen LogP contribution in [0.4, 0.5) is 0 Å². The van der Waals surface area contributed by atoms with E-state index in [1.54, 1.807) is 21.3 Å². The summed E-state index contributed by atoms with van der Waals surface area (Å²) in [6.07, 6.45) is 0. The molecule has 0 aliphatic carbocycles. The number of hydrogen-bond donors (Lipinski definition) is 1. The molecule has 0 saturated carbocycles. The summed E-state index contributed by atoms with van der Waals surface area (Å²) >= 11 is 0. The van der Waals surface area contributed by atoms with Crippen molar-refractivity contribution in [2.24, 2.45) is 0 Å². The van der Waals surface area contributed by atoms with Gasteiger partial charge in [0.1, 0.15) is 0 Å². The maximum Gasteiger partial charge on any atom is 0.236 e. The van der Waals surface area contributed by atoms with Gasteiger partial charge >= 0.3 is 0 Å². The second kappa shape index (κ2) is 8.17. The first kappa shape index (κ1) is 17.6. The molecule has 1 fully saturated rings. The lowest BCUT2D eigenvalue weighted by Gasteiger charge is -2.37. The number of amides is 1. The Hall–Kier alpha value is -1.79. The summed E-state index contributed by atoms with van der Waals surface area (Å²) in [5, 5.41) is 2.72. The Morgan fingerprint density at radius 3 is 2.39 bits per heavy atom. The van der Waals surface area contributed by atoms with Gasteiger partial charge in [0.05, 0.1) is 20.3 Å². The zero-order chi connectivity index (χ0) is 16.8. The molecule has 1 aliphatic rings. The SMILES string of the molecule is CNC(=O)[C@H](C)N1CCN(Cc2ccc(OC)c(OC)c2)CC1. The second-order valence-electron chi connectivity index (χ2n) is 5.79. The van der Waals surface area contributed by atoms with E-state index in [0.717, 1.165) is 44.2 Å². The molecule has 1 aliphatic heterocycles. The number of carbonyl (C=O) groups excluding carboxylic acids is 1. The normalized spacial score (nSPS) is 17.6. The Labute approximate surface area is 138 Å². The third kappa shape index (κ3) is 4.36. The fourth-order valence-electron chi connectivity index (χ4n) is 2.92. The summed E-state index contributed by atoms with van der Waals surface area (Å²) in [5.74, 6) is 1.59. The Bertz CT molecular complexity index is 528. The van der Waals surface area contributed by atoms with Gasteiger partial charge in [0.2, 0.25) is 5.91 Å². The van der Waals surface area contributed by atoms with Crippen molar-refractivity contribution in [2.45, 2.75) is 19.5 Å². The molecule has 23 heavy (non-hydrogen) atoms. The number of piperazine rings is 1. The Balaban J connectivity index is 1.90. The predicted octanol–water partition coefficient (Wildman–Crippen LogP) is 0.956. The van der Waals surface area contributed by atoms with E-state index in [4.69, 9.17) is 9.47 Å². The smallest absolute Gasteiger partial charge is 0.236 e. The highest BCUT2D eigenvalue weighted by Crippen LogP contribution is 2.28. The summed E-state index contributed by atoms with van der Waals surface area (Å²) in [7, 11) is 4.98. The Morgan fingerprint density at radius 1 is 1.17 bits per heavy atom. The van der Waals surface area contributed by atoms with Crippen molar-refractivity contribution >= 4 is 5.91 Å². The molecule has 0 unspecified atom stereocenters. The molecule has 1 N–H and O–H groups in total. The van der Waals surface area contributed by atoms with E-state index >= 15 is 0 Å². The van der Waals surface area contributed by atoms with E-state index < -0.39 is 0 Å². The lowest BCUT2D eigenvalue weighted by atomic mass is 10.1.